The molecule has 5 heteroatoms. The Kier molecular flexibility index (Phi) is 4.31. The zero-order valence-corrected chi connectivity index (χ0v) is 10.9. The van der Waals surface area contributed by atoms with Gasteiger partial charge in [-0.05, 0) is 38.0 Å². The summed E-state index contributed by atoms with van der Waals surface area (Å²) in [5.74, 6) is -2.00. The van der Waals surface area contributed by atoms with Crippen LogP contribution in [0.25, 0.3) is 0 Å². The molecular weight excluding hydrogens is 236 g/mol. The van der Waals surface area contributed by atoms with Gasteiger partial charge in [0.05, 0.1) is 19.3 Å². The second-order valence-corrected chi connectivity index (χ2v) is 3.80. The number of esters is 1. The van der Waals surface area contributed by atoms with Crippen LogP contribution in [-0.2, 0) is 9.53 Å². The Morgan fingerprint density at radius 3 is 2.44 bits per heavy atom. The summed E-state index contributed by atoms with van der Waals surface area (Å²) in [6.45, 7) is 5.23. The minimum atomic E-state index is -0.988. The predicted octanol–water partition coefficient (Wildman–Crippen LogP) is 1.76. The van der Waals surface area contributed by atoms with E-state index < -0.39 is 11.8 Å². The predicted molar refractivity (Wildman–Crippen MR) is 65.1 cm³/mol. The number of phenols is 1. The number of carbonyl (C=O) groups excluding carboxylic acids is 2. The number of rotatable bonds is 4. The SMILES string of the molecule is CCOC(=O)C(=O)c1cc(C)c(C)c(OC)c1O. The third-order valence-corrected chi connectivity index (χ3v) is 2.67. The number of methoxy groups -OCH3 is 1. The molecule has 5 nitrogen and oxygen atoms in total. The third kappa shape index (κ3) is 2.45. The molecule has 0 bridgehead atoms. The quantitative estimate of drug-likeness (QED) is 0.502. The molecule has 0 saturated heterocycles. The highest BCUT2D eigenvalue weighted by molar-refractivity contribution is 6.41. The molecule has 1 N–H and O–H groups in total. The smallest absolute Gasteiger partial charge is 0.379 e. The first-order chi connectivity index (χ1) is 8.43. The molecule has 0 saturated carbocycles. The van der Waals surface area contributed by atoms with Gasteiger partial charge in [-0.1, -0.05) is 0 Å². The number of ether oxygens (including phenoxy) is 2. The van der Waals surface area contributed by atoms with Crippen LogP contribution in [0.1, 0.15) is 28.4 Å². The number of hydrogen-bond donors (Lipinski definition) is 1. The Balaban J connectivity index is 3.30. The summed E-state index contributed by atoms with van der Waals surface area (Å²) in [7, 11) is 1.39. The maximum absolute atomic E-state index is 11.8. The number of ketones is 1. The van der Waals surface area contributed by atoms with Gasteiger partial charge in [0.2, 0.25) is 0 Å². The van der Waals surface area contributed by atoms with Crippen LogP contribution in [0.2, 0.25) is 0 Å². The van der Waals surface area contributed by atoms with Gasteiger partial charge in [-0.25, -0.2) is 4.79 Å². The van der Waals surface area contributed by atoms with E-state index in [0.717, 1.165) is 11.1 Å². The number of carbonyl (C=O) groups is 2. The van der Waals surface area contributed by atoms with Gasteiger partial charge >= 0.3 is 5.97 Å². The van der Waals surface area contributed by atoms with Gasteiger partial charge in [0.1, 0.15) is 0 Å². The van der Waals surface area contributed by atoms with E-state index in [-0.39, 0.29) is 23.7 Å². The Hall–Kier alpha value is -2.04. The zero-order chi connectivity index (χ0) is 13.9. The van der Waals surface area contributed by atoms with Crippen molar-refractivity contribution in [3.63, 3.8) is 0 Å². The molecular formula is C13H16O5. The van der Waals surface area contributed by atoms with Gasteiger partial charge in [-0.15, -0.1) is 0 Å². The number of aryl methyl sites for hydroxylation is 1. The Morgan fingerprint density at radius 1 is 1.33 bits per heavy atom. The number of Topliss-reactive ketones (excluding diaryl/α,β-unsaturated/α-hetero) is 1. The summed E-state index contributed by atoms with van der Waals surface area (Å²) in [5.41, 5.74) is 1.36. The van der Waals surface area contributed by atoms with Crippen molar-refractivity contribution in [2.45, 2.75) is 20.8 Å². The molecule has 0 aliphatic heterocycles. The second kappa shape index (κ2) is 5.53. The van der Waals surface area contributed by atoms with Crippen LogP contribution in [0.5, 0.6) is 11.5 Å². The van der Waals surface area contributed by atoms with Crippen LogP contribution < -0.4 is 4.74 Å². The van der Waals surface area contributed by atoms with E-state index in [9.17, 15) is 14.7 Å². The highest BCUT2D eigenvalue weighted by Crippen LogP contribution is 2.35. The molecule has 0 atom stereocenters. The summed E-state index contributed by atoms with van der Waals surface area (Å²) in [4.78, 5) is 23.2. The average Bonchev–Trinajstić information content (AvgIpc) is 2.34. The molecule has 0 unspecified atom stereocenters. The van der Waals surface area contributed by atoms with Crippen molar-refractivity contribution in [3.05, 3.63) is 22.8 Å². The van der Waals surface area contributed by atoms with Crippen molar-refractivity contribution < 1.29 is 24.2 Å². The summed E-state index contributed by atoms with van der Waals surface area (Å²) >= 11 is 0. The van der Waals surface area contributed by atoms with Crippen molar-refractivity contribution in [3.8, 4) is 11.5 Å². The van der Waals surface area contributed by atoms with Gasteiger partial charge in [-0.3, -0.25) is 4.79 Å². The lowest BCUT2D eigenvalue weighted by Gasteiger charge is -2.13. The molecule has 0 heterocycles. The zero-order valence-electron chi connectivity index (χ0n) is 10.9. The first kappa shape index (κ1) is 14.0. The normalized spacial score (nSPS) is 10.0. The van der Waals surface area contributed by atoms with Crippen LogP contribution in [0.4, 0.5) is 0 Å². The lowest BCUT2D eigenvalue weighted by Crippen LogP contribution is -2.18. The van der Waals surface area contributed by atoms with Crippen LogP contribution >= 0.6 is 0 Å². The maximum atomic E-state index is 11.8. The minimum absolute atomic E-state index is 0.103. The Labute approximate surface area is 105 Å². The summed E-state index contributed by atoms with van der Waals surface area (Å²) in [6, 6.07) is 1.45. The number of hydrogen-bond acceptors (Lipinski definition) is 5. The van der Waals surface area contributed by atoms with Crippen molar-refractivity contribution in [2.24, 2.45) is 0 Å². The second-order valence-electron chi connectivity index (χ2n) is 3.80. The molecule has 1 rings (SSSR count). The lowest BCUT2D eigenvalue weighted by molar-refractivity contribution is -0.137. The average molecular weight is 252 g/mol. The third-order valence-electron chi connectivity index (χ3n) is 2.67. The summed E-state index contributed by atoms with van der Waals surface area (Å²) in [6.07, 6.45) is 0. The van der Waals surface area contributed by atoms with Gasteiger partial charge in [-0.2, -0.15) is 0 Å². The van der Waals surface area contributed by atoms with E-state index in [2.05, 4.69) is 4.74 Å². The number of phenolic OH excluding ortho intramolecular Hbond substituents is 1. The Bertz CT molecular complexity index is 491. The minimum Gasteiger partial charge on any atom is -0.504 e. The summed E-state index contributed by atoms with van der Waals surface area (Å²) in [5, 5.41) is 9.93. The molecule has 0 amide bonds. The summed E-state index contributed by atoms with van der Waals surface area (Å²) < 4.78 is 9.65. The van der Waals surface area contributed by atoms with Crippen LogP contribution in [-0.4, -0.2) is 30.6 Å². The molecule has 0 aliphatic carbocycles. The van der Waals surface area contributed by atoms with E-state index in [1.54, 1.807) is 20.8 Å². The molecule has 0 radical (unpaired) electrons. The fraction of sp³-hybridized carbons (Fsp3) is 0.385. The van der Waals surface area contributed by atoms with E-state index in [0.29, 0.717) is 0 Å². The highest BCUT2D eigenvalue weighted by Gasteiger charge is 2.25. The molecule has 1 aromatic rings. The molecule has 0 spiro atoms. The molecule has 98 valence electrons. The van der Waals surface area contributed by atoms with E-state index in [1.807, 2.05) is 0 Å². The molecule has 18 heavy (non-hydrogen) atoms. The first-order valence-electron chi connectivity index (χ1n) is 5.52. The fourth-order valence-electron chi connectivity index (χ4n) is 1.60. The number of benzene rings is 1. The van der Waals surface area contributed by atoms with Gasteiger partial charge in [0.15, 0.2) is 11.5 Å². The lowest BCUT2D eigenvalue weighted by atomic mass is 10.0. The van der Waals surface area contributed by atoms with Crippen LogP contribution in [0.15, 0.2) is 6.07 Å². The van der Waals surface area contributed by atoms with E-state index >= 15 is 0 Å². The molecule has 0 aliphatic rings. The number of aromatic hydroxyl groups is 1. The first-order valence-corrected chi connectivity index (χ1v) is 5.52. The van der Waals surface area contributed by atoms with Crippen molar-refractivity contribution in [1.82, 2.24) is 0 Å². The highest BCUT2D eigenvalue weighted by atomic mass is 16.5. The van der Waals surface area contributed by atoms with Crippen molar-refractivity contribution >= 4 is 11.8 Å². The molecule has 1 aromatic carbocycles. The fourth-order valence-corrected chi connectivity index (χ4v) is 1.60. The monoisotopic (exact) mass is 252 g/mol. The largest absolute Gasteiger partial charge is 0.504 e. The van der Waals surface area contributed by atoms with Crippen molar-refractivity contribution in [1.29, 1.82) is 0 Å². The Morgan fingerprint density at radius 2 is 1.94 bits per heavy atom. The molecule has 0 fully saturated rings. The standard InChI is InChI=1S/C13H16O5/c1-5-18-13(16)11(15)9-6-7(2)8(3)12(17-4)10(9)14/h6,14H,5H2,1-4H3. The van der Waals surface area contributed by atoms with Crippen LogP contribution in [0, 0.1) is 13.8 Å². The van der Waals surface area contributed by atoms with E-state index in [4.69, 9.17) is 4.74 Å². The van der Waals surface area contributed by atoms with Gasteiger partial charge in [0, 0.05) is 0 Å². The maximum Gasteiger partial charge on any atom is 0.379 e. The van der Waals surface area contributed by atoms with Gasteiger partial charge in [0.25, 0.3) is 5.78 Å². The van der Waals surface area contributed by atoms with Gasteiger partial charge < -0.3 is 14.6 Å². The molecule has 0 aromatic heterocycles. The van der Waals surface area contributed by atoms with Crippen molar-refractivity contribution in [2.75, 3.05) is 13.7 Å². The topological polar surface area (TPSA) is 72.8 Å². The van der Waals surface area contributed by atoms with E-state index in [1.165, 1.54) is 13.2 Å². The van der Waals surface area contributed by atoms with Crippen LogP contribution in [0.3, 0.4) is 0 Å².